The van der Waals surface area contributed by atoms with Gasteiger partial charge in [-0.05, 0) is 30.9 Å². The smallest absolute Gasteiger partial charge is 0.288 e. The third-order valence-corrected chi connectivity index (χ3v) is 3.59. The number of nitro groups is 1. The molecule has 1 heterocycles. The van der Waals surface area contributed by atoms with Crippen molar-refractivity contribution in [2.75, 3.05) is 19.8 Å². The predicted octanol–water partition coefficient (Wildman–Crippen LogP) is 2.40. The Morgan fingerprint density at radius 2 is 2.35 bits per heavy atom. The van der Waals surface area contributed by atoms with Crippen molar-refractivity contribution < 1.29 is 14.5 Å². The fourth-order valence-electron chi connectivity index (χ4n) is 2.10. The molecule has 2 rings (SSSR count). The van der Waals surface area contributed by atoms with E-state index in [2.05, 4.69) is 5.32 Å². The lowest BCUT2D eigenvalue weighted by Gasteiger charge is -2.09. The number of hydrogen-bond acceptors (Lipinski definition) is 4. The van der Waals surface area contributed by atoms with Crippen molar-refractivity contribution in [1.82, 2.24) is 5.32 Å². The molecule has 1 unspecified atom stereocenters. The Morgan fingerprint density at radius 1 is 1.55 bits per heavy atom. The third-order valence-electron chi connectivity index (χ3n) is 3.27. The quantitative estimate of drug-likeness (QED) is 0.668. The van der Waals surface area contributed by atoms with Crippen LogP contribution in [0.3, 0.4) is 0 Å². The minimum absolute atomic E-state index is 0.0228. The second kappa shape index (κ2) is 6.67. The Labute approximate surface area is 121 Å². The van der Waals surface area contributed by atoms with Crippen LogP contribution in [0.2, 0.25) is 5.02 Å². The maximum atomic E-state index is 11.9. The van der Waals surface area contributed by atoms with Crippen LogP contribution in [0, 0.1) is 16.0 Å². The van der Waals surface area contributed by atoms with Gasteiger partial charge in [0, 0.05) is 31.4 Å². The summed E-state index contributed by atoms with van der Waals surface area (Å²) < 4.78 is 5.25. The molecule has 7 heteroatoms. The number of hydrogen-bond donors (Lipinski definition) is 1. The SMILES string of the molecule is O=C(NCCC1CCOC1)c1ccc(Cl)c([N+](=O)[O-])c1. The van der Waals surface area contributed by atoms with E-state index in [0.717, 1.165) is 26.1 Å². The molecule has 6 nitrogen and oxygen atoms in total. The van der Waals surface area contributed by atoms with Crippen molar-refractivity contribution in [1.29, 1.82) is 0 Å². The van der Waals surface area contributed by atoms with Gasteiger partial charge in [-0.1, -0.05) is 11.6 Å². The Morgan fingerprint density at radius 3 is 3.00 bits per heavy atom. The summed E-state index contributed by atoms with van der Waals surface area (Å²) in [6.07, 6.45) is 1.86. The van der Waals surface area contributed by atoms with Crippen molar-refractivity contribution >= 4 is 23.2 Å². The number of nitrogens with one attached hydrogen (secondary N) is 1. The van der Waals surface area contributed by atoms with Crippen molar-refractivity contribution in [3.8, 4) is 0 Å². The van der Waals surface area contributed by atoms with Gasteiger partial charge in [0.25, 0.3) is 11.6 Å². The number of rotatable bonds is 5. The fourth-order valence-corrected chi connectivity index (χ4v) is 2.28. The highest BCUT2D eigenvalue weighted by molar-refractivity contribution is 6.32. The second-order valence-electron chi connectivity index (χ2n) is 4.70. The Kier molecular flexibility index (Phi) is 4.92. The normalized spacial score (nSPS) is 17.9. The van der Waals surface area contributed by atoms with Crippen LogP contribution >= 0.6 is 11.6 Å². The molecule has 1 aliphatic rings. The largest absolute Gasteiger partial charge is 0.381 e. The maximum absolute atomic E-state index is 11.9. The van der Waals surface area contributed by atoms with Crippen molar-refractivity contribution in [3.05, 3.63) is 38.9 Å². The first-order valence-electron chi connectivity index (χ1n) is 6.38. The van der Waals surface area contributed by atoms with Crippen LogP contribution in [0.1, 0.15) is 23.2 Å². The highest BCUT2D eigenvalue weighted by Crippen LogP contribution is 2.25. The summed E-state index contributed by atoms with van der Waals surface area (Å²) in [6, 6.07) is 4.03. The van der Waals surface area contributed by atoms with E-state index in [9.17, 15) is 14.9 Å². The molecule has 1 saturated heterocycles. The molecule has 0 aromatic heterocycles. The summed E-state index contributed by atoms with van der Waals surface area (Å²) in [5, 5.41) is 13.5. The molecular formula is C13H15ClN2O4. The predicted molar refractivity (Wildman–Crippen MR) is 74.0 cm³/mol. The molecule has 0 radical (unpaired) electrons. The number of nitrogens with zero attached hydrogens (tertiary/aromatic N) is 1. The highest BCUT2D eigenvalue weighted by atomic mass is 35.5. The topological polar surface area (TPSA) is 81.5 Å². The van der Waals surface area contributed by atoms with E-state index >= 15 is 0 Å². The maximum Gasteiger partial charge on any atom is 0.288 e. The van der Waals surface area contributed by atoms with Crippen molar-refractivity contribution in [3.63, 3.8) is 0 Å². The molecule has 20 heavy (non-hydrogen) atoms. The Bertz CT molecular complexity index is 515. The average molecular weight is 299 g/mol. The zero-order valence-electron chi connectivity index (χ0n) is 10.8. The molecule has 1 fully saturated rings. The van der Waals surface area contributed by atoms with Gasteiger partial charge < -0.3 is 10.1 Å². The molecule has 1 N–H and O–H groups in total. The number of nitro benzene ring substituents is 1. The standard InChI is InChI=1S/C13H15ClN2O4/c14-11-2-1-10(7-12(11)16(18)19)13(17)15-5-3-9-4-6-20-8-9/h1-2,7,9H,3-6,8H2,(H,15,17). The van der Waals surface area contributed by atoms with Crippen molar-refractivity contribution in [2.45, 2.75) is 12.8 Å². The molecule has 1 amide bonds. The van der Waals surface area contributed by atoms with E-state index in [1.165, 1.54) is 18.2 Å². The molecule has 0 saturated carbocycles. The second-order valence-corrected chi connectivity index (χ2v) is 5.10. The molecule has 1 aromatic carbocycles. The van der Waals surface area contributed by atoms with Crippen LogP contribution in [0.4, 0.5) is 5.69 Å². The lowest BCUT2D eigenvalue weighted by molar-refractivity contribution is -0.384. The highest BCUT2D eigenvalue weighted by Gasteiger charge is 2.18. The van der Waals surface area contributed by atoms with Crippen LogP contribution in [0.5, 0.6) is 0 Å². The Balaban J connectivity index is 1.91. The molecule has 0 spiro atoms. The van der Waals surface area contributed by atoms with E-state index in [1.54, 1.807) is 0 Å². The van der Waals surface area contributed by atoms with Crippen LogP contribution < -0.4 is 5.32 Å². The van der Waals surface area contributed by atoms with Gasteiger partial charge in [0.2, 0.25) is 0 Å². The van der Waals surface area contributed by atoms with Gasteiger partial charge >= 0.3 is 0 Å². The van der Waals surface area contributed by atoms with Crippen molar-refractivity contribution in [2.24, 2.45) is 5.92 Å². The summed E-state index contributed by atoms with van der Waals surface area (Å²) >= 11 is 5.70. The molecule has 0 bridgehead atoms. The van der Waals surface area contributed by atoms with Gasteiger partial charge in [0.1, 0.15) is 5.02 Å². The first-order chi connectivity index (χ1) is 9.58. The first kappa shape index (κ1) is 14.7. The molecular weight excluding hydrogens is 284 g/mol. The molecule has 108 valence electrons. The van der Waals surface area contributed by atoms with Gasteiger partial charge in [-0.15, -0.1) is 0 Å². The number of benzene rings is 1. The molecule has 1 aliphatic heterocycles. The zero-order valence-corrected chi connectivity index (χ0v) is 11.6. The summed E-state index contributed by atoms with van der Waals surface area (Å²) in [5.41, 5.74) is -0.0210. The summed E-state index contributed by atoms with van der Waals surface area (Å²) in [7, 11) is 0. The lowest BCUT2D eigenvalue weighted by atomic mass is 10.1. The number of ether oxygens (including phenoxy) is 1. The number of carbonyl (C=O) groups is 1. The van der Waals surface area contributed by atoms with Crippen LogP contribution in [0.25, 0.3) is 0 Å². The minimum Gasteiger partial charge on any atom is -0.381 e. The fraction of sp³-hybridized carbons (Fsp3) is 0.462. The number of amides is 1. The average Bonchev–Trinajstić information content (AvgIpc) is 2.92. The van der Waals surface area contributed by atoms with Gasteiger partial charge in [-0.2, -0.15) is 0 Å². The van der Waals surface area contributed by atoms with Gasteiger partial charge in [0.15, 0.2) is 0 Å². The first-order valence-corrected chi connectivity index (χ1v) is 6.75. The number of halogens is 1. The third kappa shape index (κ3) is 3.68. The van der Waals surface area contributed by atoms with E-state index in [-0.39, 0.29) is 22.2 Å². The van der Waals surface area contributed by atoms with E-state index in [4.69, 9.17) is 16.3 Å². The summed E-state index contributed by atoms with van der Waals surface area (Å²) in [4.78, 5) is 22.1. The van der Waals surface area contributed by atoms with E-state index in [1.807, 2.05) is 0 Å². The lowest BCUT2D eigenvalue weighted by Crippen LogP contribution is -2.26. The number of carbonyl (C=O) groups excluding carboxylic acids is 1. The van der Waals surface area contributed by atoms with E-state index < -0.39 is 4.92 Å². The summed E-state index contributed by atoms with van der Waals surface area (Å²) in [5.74, 6) is 0.151. The molecule has 0 aliphatic carbocycles. The van der Waals surface area contributed by atoms with E-state index in [0.29, 0.717) is 12.5 Å². The molecule has 1 atom stereocenters. The van der Waals surface area contributed by atoms with Gasteiger partial charge in [0.05, 0.1) is 4.92 Å². The summed E-state index contributed by atoms with van der Waals surface area (Å²) in [6.45, 7) is 2.05. The zero-order chi connectivity index (χ0) is 14.5. The Hall–Kier alpha value is -1.66. The van der Waals surface area contributed by atoms with Gasteiger partial charge in [-0.25, -0.2) is 0 Å². The van der Waals surface area contributed by atoms with Crippen LogP contribution in [-0.2, 0) is 4.74 Å². The van der Waals surface area contributed by atoms with Crippen LogP contribution in [0.15, 0.2) is 18.2 Å². The molecule has 1 aromatic rings. The monoisotopic (exact) mass is 298 g/mol. The van der Waals surface area contributed by atoms with Gasteiger partial charge in [-0.3, -0.25) is 14.9 Å². The van der Waals surface area contributed by atoms with Crippen LogP contribution in [-0.4, -0.2) is 30.6 Å². The minimum atomic E-state index is -0.602.